The van der Waals surface area contributed by atoms with Crippen molar-refractivity contribution in [2.45, 2.75) is 43.8 Å². The van der Waals surface area contributed by atoms with Gasteiger partial charge in [0.15, 0.2) is 5.16 Å². The van der Waals surface area contributed by atoms with E-state index in [9.17, 15) is 9.59 Å². The molecule has 1 amide bonds. The van der Waals surface area contributed by atoms with Crippen molar-refractivity contribution in [3.05, 3.63) is 22.1 Å². The third-order valence-electron chi connectivity index (χ3n) is 5.37. The highest BCUT2D eigenvalue weighted by atomic mass is 32.2. The molecule has 3 heterocycles. The maximum atomic E-state index is 12.8. The van der Waals surface area contributed by atoms with Crippen molar-refractivity contribution >= 4 is 17.7 Å². The minimum absolute atomic E-state index is 0.117. The minimum Gasteiger partial charge on any atom is -0.338 e. The number of carbonyl (C=O) groups is 1. The molecule has 4 rings (SSSR count). The molecule has 0 radical (unpaired) electrons. The molecule has 0 N–H and O–H groups in total. The molecule has 5 nitrogen and oxygen atoms in total. The fourth-order valence-electron chi connectivity index (χ4n) is 4.12. The molecule has 22 heavy (non-hydrogen) atoms. The number of thioether (sulfide) groups is 1. The second-order valence-electron chi connectivity index (χ2n) is 6.60. The molecular formula is C16H21N3O2S. The predicted octanol–water partition coefficient (Wildman–Crippen LogP) is 2.00. The number of hydrogen-bond acceptors (Lipinski definition) is 4. The number of hydrogen-bond donors (Lipinski definition) is 0. The van der Waals surface area contributed by atoms with Crippen molar-refractivity contribution < 1.29 is 4.79 Å². The predicted molar refractivity (Wildman–Crippen MR) is 85.2 cm³/mol. The number of aromatic nitrogens is 2. The number of rotatable bonds is 1. The van der Waals surface area contributed by atoms with Gasteiger partial charge in [0.1, 0.15) is 5.56 Å². The SMILES string of the molecule is O=C(c1cnc2n(c1=O)CCS2)N1CC[C@H]2CCCC[C@H]2C1. The zero-order valence-corrected chi connectivity index (χ0v) is 13.5. The van der Waals surface area contributed by atoms with Crippen molar-refractivity contribution in [2.75, 3.05) is 18.8 Å². The molecule has 2 fully saturated rings. The second-order valence-corrected chi connectivity index (χ2v) is 7.67. The maximum absolute atomic E-state index is 12.8. The highest BCUT2D eigenvalue weighted by Crippen LogP contribution is 2.36. The Kier molecular flexibility index (Phi) is 3.72. The van der Waals surface area contributed by atoms with E-state index in [1.54, 1.807) is 16.3 Å². The Morgan fingerprint density at radius 1 is 1.18 bits per heavy atom. The first-order chi connectivity index (χ1) is 10.7. The zero-order valence-electron chi connectivity index (χ0n) is 12.7. The van der Waals surface area contributed by atoms with E-state index in [1.807, 2.05) is 4.90 Å². The van der Waals surface area contributed by atoms with Crippen LogP contribution in [0.2, 0.25) is 0 Å². The summed E-state index contributed by atoms with van der Waals surface area (Å²) in [7, 11) is 0. The highest BCUT2D eigenvalue weighted by molar-refractivity contribution is 7.99. The molecule has 1 aromatic heterocycles. The van der Waals surface area contributed by atoms with Gasteiger partial charge in [-0.1, -0.05) is 31.0 Å². The summed E-state index contributed by atoms with van der Waals surface area (Å²) in [5, 5.41) is 0.743. The second kappa shape index (κ2) is 5.72. The van der Waals surface area contributed by atoms with Gasteiger partial charge in [-0.05, 0) is 24.7 Å². The summed E-state index contributed by atoms with van der Waals surface area (Å²) in [6.45, 7) is 2.27. The third kappa shape index (κ3) is 2.37. The van der Waals surface area contributed by atoms with Crippen LogP contribution in [0.15, 0.2) is 16.1 Å². The zero-order chi connectivity index (χ0) is 15.1. The van der Waals surface area contributed by atoms with Crippen LogP contribution in [-0.4, -0.2) is 39.2 Å². The van der Waals surface area contributed by atoms with E-state index in [4.69, 9.17) is 0 Å². The molecule has 118 valence electrons. The van der Waals surface area contributed by atoms with Crippen LogP contribution in [0.5, 0.6) is 0 Å². The molecule has 0 bridgehead atoms. The summed E-state index contributed by atoms with van der Waals surface area (Å²) in [5.74, 6) is 2.17. The van der Waals surface area contributed by atoms with E-state index >= 15 is 0 Å². The van der Waals surface area contributed by atoms with Crippen LogP contribution in [0.1, 0.15) is 42.5 Å². The lowest BCUT2D eigenvalue weighted by molar-refractivity contribution is 0.0518. The van der Waals surface area contributed by atoms with Crippen LogP contribution in [0.4, 0.5) is 0 Å². The fourth-order valence-corrected chi connectivity index (χ4v) is 5.03. The average Bonchev–Trinajstić information content (AvgIpc) is 3.04. The van der Waals surface area contributed by atoms with Gasteiger partial charge in [0.25, 0.3) is 11.5 Å². The monoisotopic (exact) mass is 319 g/mol. The van der Waals surface area contributed by atoms with Crippen molar-refractivity contribution in [3.63, 3.8) is 0 Å². The van der Waals surface area contributed by atoms with Crippen LogP contribution in [0.3, 0.4) is 0 Å². The summed E-state index contributed by atoms with van der Waals surface area (Å²) >= 11 is 1.58. The number of fused-ring (bicyclic) bond motifs is 2. The number of piperidine rings is 1. The molecule has 3 aliphatic rings. The Balaban J connectivity index is 1.56. The Bertz CT molecular complexity index is 657. The smallest absolute Gasteiger partial charge is 0.267 e. The summed E-state index contributed by atoms with van der Waals surface area (Å²) in [6, 6.07) is 0. The lowest BCUT2D eigenvalue weighted by Crippen LogP contribution is -2.46. The first kappa shape index (κ1) is 14.3. The number of nitrogens with zero attached hydrogens (tertiary/aromatic N) is 3. The van der Waals surface area contributed by atoms with Crippen LogP contribution < -0.4 is 5.56 Å². The van der Waals surface area contributed by atoms with Crippen molar-refractivity contribution in [3.8, 4) is 0 Å². The standard InChI is InChI=1S/C16H21N3O2S/c20-14(13-9-17-16-19(15(13)21)7-8-22-16)18-6-5-11-3-1-2-4-12(11)10-18/h9,11-12H,1-8,10H2/t11-,12+/m1/s1. The van der Waals surface area contributed by atoms with E-state index in [2.05, 4.69) is 4.98 Å². The maximum Gasteiger partial charge on any atom is 0.267 e. The van der Waals surface area contributed by atoms with Crippen LogP contribution in [0.25, 0.3) is 0 Å². The first-order valence-electron chi connectivity index (χ1n) is 8.26. The van der Waals surface area contributed by atoms with Gasteiger partial charge >= 0.3 is 0 Å². The van der Waals surface area contributed by atoms with Gasteiger partial charge in [-0.2, -0.15) is 0 Å². The molecule has 1 aromatic rings. The van der Waals surface area contributed by atoms with E-state index in [0.29, 0.717) is 12.5 Å². The Hall–Kier alpha value is -1.30. The summed E-state index contributed by atoms with van der Waals surface area (Å²) in [6.07, 6.45) is 7.74. The van der Waals surface area contributed by atoms with Gasteiger partial charge < -0.3 is 4.90 Å². The van der Waals surface area contributed by atoms with E-state index in [-0.39, 0.29) is 17.0 Å². The lowest BCUT2D eigenvalue weighted by atomic mass is 9.75. The molecule has 1 aliphatic carbocycles. The molecule has 0 aromatic carbocycles. The van der Waals surface area contributed by atoms with Gasteiger partial charge in [-0.3, -0.25) is 14.2 Å². The molecule has 1 saturated carbocycles. The number of amides is 1. The van der Waals surface area contributed by atoms with Crippen LogP contribution in [-0.2, 0) is 6.54 Å². The van der Waals surface area contributed by atoms with Crippen LogP contribution >= 0.6 is 11.8 Å². The topological polar surface area (TPSA) is 55.2 Å². The third-order valence-corrected chi connectivity index (χ3v) is 6.34. The highest BCUT2D eigenvalue weighted by Gasteiger charge is 2.34. The van der Waals surface area contributed by atoms with Crippen molar-refractivity contribution in [1.29, 1.82) is 0 Å². The molecule has 1 saturated heterocycles. The molecule has 0 spiro atoms. The van der Waals surface area contributed by atoms with Gasteiger partial charge in [-0.25, -0.2) is 4.98 Å². The molecule has 2 atom stereocenters. The Morgan fingerprint density at radius 2 is 2.00 bits per heavy atom. The first-order valence-corrected chi connectivity index (χ1v) is 9.24. The number of carbonyl (C=O) groups excluding carboxylic acids is 1. The molecule has 6 heteroatoms. The fraction of sp³-hybridized carbons (Fsp3) is 0.688. The van der Waals surface area contributed by atoms with Crippen LogP contribution in [0, 0.1) is 11.8 Å². The van der Waals surface area contributed by atoms with Gasteiger partial charge in [0, 0.05) is 31.6 Å². The molecule has 0 unspecified atom stereocenters. The Morgan fingerprint density at radius 3 is 2.86 bits per heavy atom. The van der Waals surface area contributed by atoms with Gasteiger partial charge in [0.2, 0.25) is 0 Å². The van der Waals surface area contributed by atoms with Crippen molar-refractivity contribution in [1.82, 2.24) is 14.5 Å². The molecule has 2 aliphatic heterocycles. The molecular weight excluding hydrogens is 298 g/mol. The normalized spacial score (nSPS) is 27.4. The van der Waals surface area contributed by atoms with Gasteiger partial charge in [0.05, 0.1) is 0 Å². The minimum atomic E-state index is -0.161. The van der Waals surface area contributed by atoms with Crippen molar-refractivity contribution in [2.24, 2.45) is 11.8 Å². The number of likely N-dealkylation sites (tertiary alicyclic amines) is 1. The van der Waals surface area contributed by atoms with Gasteiger partial charge in [-0.15, -0.1) is 0 Å². The largest absolute Gasteiger partial charge is 0.338 e. The summed E-state index contributed by atoms with van der Waals surface area (Å²) in [5.41, 5.74) is 0.0891. The van der Waals surface area contributed by atoms with E-state index < -0.39 is 0 Å². The quantitative estimate of drug-likeness (QED) is 0.743. The summed E-state index contributed by atoms with van der Waals surface area (Å²) < 4.78 is 1.64. The average molecular weight is 319 g/mol. The lowest BCUT2D eigenvalue weighted by Gasteiger charge is -2.41. The van der Waals surface area contributed by atoms with E-state index in [1.165, 1.54) is 31.9 Å². The Labute approximate surface area is 134 Å². The summed E-state index contributed by atoms with van der Waals surface area (Å²) in [4.78, 5) is 31.4. The van der Waals surface area contributed by atoms with E-state index in [0.717, 1.165) is 36.3 Å².